The van der Waals surface area contributed by atoms with Gasteiger partial charge in [-0.1, -0.05) is 27.7 Å². The van der Waals surface area contributed by atoms with Crippen molar-refractivity contribution in [2.24, 2.45) is 10.2 Å². The molecule has 0 saturated heterocycles. The molecule has 0 aromatic rings. The number of azo groups is 1. The summed E-state index contributed by atoms with van der Waals surface area (Å²) in [7, 11) is -4.56. The van der Waals surface area contributed by atoms with Gasteiger partial charge >= 0.3 is 27.3 Å². The molecule has 0 rings (SSSR count). The van der Waals surface area contributed by atoms with Crippen LogP contribution in [0.2, 0.25) is 0 Å². The molecule has 0 fully saturated rings. The summed E-state index contributed by atoms with van der Waals surface area (Å²) in [5.74, 6) is -1.91. The van der Waals surface area contributed by atoms with Gasteiger partial charge < -0.3 is 9.47 Å². The molecule has 0 atom stereocenters. The Labute approximate surface area is 157 Å². The number of halogens is 2. The van der Waals surface area contributed by atoms with Gasteiger partial charge in [0.05, 0.1) is 7.11 Å². The first kappa shape index (κ1) is 25.3. The molecule has 1 N–H and O–H groups in total. The third-order valence-electron chi connectivity index (χ3n) is 4.47. The van der Waals surface area contributed by atoms with Crippen molar-refractivity contribution in [1.82, 2.24) is 0 Å². The van der Waals surface area contributed by atoms with Crippen LogP contribution in [-0.2, 0) is 29.2 Å². The third kappa shape index (κ3) is 5.64. The highest BCUT2D eigenvalue weighted by Gasteiger charge is 2.48. The second-order valence-corrected chi connectivity index (χ2v) is 7.40. The number of ether oxygens (including phenoxy) is 2. The fourth-order valence-electron chi connectivity index (χ4n) is 2.18. The second-order valence-electron chi connectivity index (χ2n) is 5.86. The van der Waals surface area contributed by atoms with E-state index in [0.29, 0.717) is 0 Å². The summed E-state index contributed by atoms with van der Waals surface area (Å²) in [5.41, 5.74) is -3.04. The Bertz CT molecular complexity index is 657. The summed E-state index contributed by atoms with van der Waals surface area (Å²) in [5, 5.41) is 3.26. The molecular formula is C15H26F2N2O7S. The number of esters is 2. The van der Waals surface area contributed by atoms with E-state index in [0.717, 1.165) is 0 Å². The summed E-state index contributed by atoms with van der Waals surface area (Å²) < 4.78 is 65.4. The minimum absolute atomic E-state index is 0.00599. The lowest BCUT2D eigenvalue weighted by atomic mass is 9.92. The number of nitrogens with zero attached hydrogens (tertiary/aromatic N) is 2. The maximum absolute atomic E-state index is 13.3. The van der Waals surface area contributed by atoms with E-state index in [2.05, 4.69) is 15.0 Å². The third-order valence-corrected chi connectivity index (χ3v) is 5.34. The van der Waals surface area contributed by atoms with Crippen molar-refractivity contribution in [1.29, 1.82) is 0 Å². The molecule has 0 aliphatic carbocycles. The fraction of sp³-hybridized carbons (Fsp3) is 0.867. The van der Waals surface area contributed by atoms with Gasteiger partial charge in [0, 0.05) is 0 Å². The molecule has 0 spiro atoms. The van der Waals surface area contributed by atoms with Crippen LogP contribution in [0.15, 0.2) is 10.2 Å². The Morgan fingerprint density at radius 3 is 1.59 bits per heavy atom. The summed E-state index contributed by atoms with van der Waals surface area (Å²) in [6, 6.07) is 0. The van der Waals surface area contributed by atoms with Gasteiger partial charge in [-0.25, -0.2) is 9.59 Å². The summed E-state index contributed by atoms with van der Waals surface area (Å²) in [6.07, 6.45) is 0.431. The molecule has 27 heavy (non-hydrogen) atoms. The zero-order valence-electron chi connectivity index (χ0n) is 16.0. The first-order valence-corrected chi connectivity index (χ1v) is 9.79. The van der Waals surface area contributed by atoms with Crippen molar-refractivity contribution in [3.05, 3.63) is 0 Å². The van der Waals surface area contributed by atoms with Crippen molar-refractivity contribution >= 4 is 22.1 Å². The Morgan fingerprint density at radius 2 is 1.30 bits per heavy atom. The molecule has 0 heterocycles. The fourth-order valence-corrected chi connectivity index (χ4v) is 2.39. The van der Waals surface area contributed by atoms with Crippen molar-refractivity contribution in [2.45, 2.75) is 69.7 Å². The second kappa shape index (κ2) is 9.49. The Morgan fingerprint density at radius 1 is 0.926 bits per heavy atom. The van der Waals surface area contributed by atoms with Gasteiger partial charge in [-0.05, 0) is 25.7 Å². The van der Waals surface area contributed by atoms with Gasteiger partial charge in [-0.3, -0.25) is 4.55 Å². The van der Waals surface area contributed by atoms with Gasteiger partial charge in [0.1, 0.15) is 0 Å². The van der Waals surface area contributed by atoms with E-state index in [1.54, 1.807) is 13.8 Å². The van der Waals surface area contributed by atoms with Crippen molar-refractivity contribution < 1.29 is 40.8 Å². The van der Waals surface area contributed by atoms with Gasteiger partial charge in [-0.15, -0.1) is 0 Å². The number of carbonyl (C=O) groups is 2. The molecule has 0 amide bonds. The van der Waals surface area contributed by atoms with Gasteiger partial charge in [0.2, 0.25) is 0 Å². The number of rotatable bonds is 11. The molecule has 0 aliphatic rings. The molecule has 0 saturated carbocycles. The Hall–Kier alpha value is -1.69. The summed E-state index contributed by atoms with van der Waals surface area (Å²) in [6.45, 7) is 4.53. The van der Waals surface area contributed by atoms with Gasteiger partial charge in [0.15, 0.2) is 17.7 Å². The van der Waals surface area contributed by atoms with Crippen LogP contribution in [0, 0.1) is 0 Å². The predicted molar refractivity (Wildman–Crippen MR) is 91.0 cm³/mol. The SMILES string of the molecule is CCC(CC)(N=NC(CC)(CC)C(=O)OCC(F)(F)S(=O)(=O)O)C(=O)OC. The van der Waals surface area contributed by atoms with Crippen LogP contribution in [0.5, 0.6) is 0 Å². The molecular weight excluding hydrogens is 390 g/mol. The number of hydrogen-bond acceptors (Lipinski definition) is 8. The highest BCUT2D eigenvalue weighted by Crippen LogP contribution is 2.30. The standard InChI is InChI=1S/C15H26F2N2O7S/c1-6-13(7-2,11(20)25-5)18-19-14(8-3,9-4)12(21)26-10-15(16,17)27(22,23)24/h6-10H2,1-5H3,(H,22,23,24). The van der Waals surface area contributed by atoms with Crippen LogP contribution in [0.4, 0.5) is 8.78 Å². The first-order valence-electron chi connectivity index (χ1n) is 8.35. The summed E-state index contributed by atoms with van der Waals surface area (Å²) >= 11 is 0. The van der Waals surface area contributed by atoms with Crippen molar-refractivity contribution in [3.8, 4) is 0 Å². The average Bonchev–Trinajstić information content (AvgIpc) is 2.63. The molecule has 0 bridgehead atoms. The van der Waals surface area contributed by atoms with Crippen LogP contribution in [0.3, 0.4) is 0 Å². The Kier molecular flexibility index (Phi) is 8.90. The van der Waals surface area contributed by atoms with E-state index in [4.69, 9.17) is 9.29 Å². The quantitative estimate of drug-likeness (QED) is 0.311. The van der Waals surface area contributed by atoms with Gasteiger partial charge in [-0.2, -0.15) is 27.4 Å². The van der Waals surface area contributed by atoms with Crippen LogP contribution >= 0.6 is 0 Å². The maximum Gasteiger partial charge on any atom is 0.402 e. The van der Waals surface area contributed by atoms with E-state index in [-0.39, 0.29) is 25.7 Å². The van der Waals surface area contributed by atoms with Gasteiger partial charge in [0.25, 0.3) is 0 Å². The molecule has 0 unspecified atom stereocenters. The molecule has 0 aromatic carbocycles. The molecule has 158 valence electrons. The maximum atomic E-state index is 13.3. The lowest BCUT2D eigenvalue weighted by Gasteiger charge is -2.28. The monoisotopic (exact) mass is 416 g/mol. The first-order chi connectivity index (χ1) is 12.3. The molecule has 0 radical (unpaired) electrons. The highest BCUT2D eigenvalue weighted by atomic mass is 32.2. The average molecular weight is 416 g/mol. The molecule has 0 aliphatic heterocycles. The number of methoxy groups -OCH3 is 1. The summed E-state index contributed by atoms with van der Waals surface area (Å²) in [4.78, 5) is 24.4. The van der Waals surface area contributed by atoms with Crippen LogP contribution < -0.4 is 0 Å². The van der Waals surface area contributed by atoms with E-state index in [9.17, 15) is 26.8 Å². The molecule has 9 nitrogen and oxygen atoms in total. The zero-order valence-corrected chi connectivity index (χ0v) is 16.8. The minimum Gasteiger partial charge on any atom is -0.467 e. The largest absolute Gasteiger partial charge is 0.467 e. The van der Waals surface area contributed by atoms with Crippen LogP contribution in [-0.4, -0.2) is 55.0 Å². The topological polar surface area (TPSA) is 132 Å². The highest BCUT2D eigenvalue weighted by molar-refractivity contribution is 7.86. The molecule has 12 heteroatoms. The van der Waals surface area contributed by atoms with E-state index in [1.807, 2.05) is 0 Å². The van der Waals surface area contributed by atoms with E-state index in [1.165, 1.54) is 21.0 Å². The van der Waals surface area contributed by atoms with Crippen molar-refractivity contribution in [2.75, 3.05) is 13.7 Å². The lowest BCUT2D eigenvalue weighted by Crippen LogP contribution is -2.43. The normalized spacial score (nSPS) is 13.6. The molecule has 0 aromatic heterocycles. The number of carbonyl (C=O) groups excluding carboxylic acids is 2. The number of hydrogen-bond donors (Lipinski definition) is 1. The number of alkyl halides is 2. The van der Waals surface area contributed by atoms with E-state index >= 15 is 0 Å². The lowest BCUT2D eigenvalue weighted by molar-refractivity contribution is -0.157. The Balaban J connectivity index is 5.72. The van der Waals surface area contributed by atoms with Crippen LogP contribution in [0.1, 0.15) is 53.4 Å². The van der Waals surface area contributed by atoms with E-state index < -0.39 is 45.0 Å². The van der Waals surface area contributed by atoms with Crippen molar-refractivity contribution in [3.63, 3.8) is 0 Å². The zero-order chi connectivity index (χ0) is 21.5. The van der Waals surface area contributed by atoms with Crippen LogP contribution in [0.25, 0.3) is 0 Å². The minimum atomic E-state index is -5.74. The smallest absolute Gasteiger partial charge is 0.402 e. The predicted octanol–water partition coefficient (Wildman–Crippen LogP) is 2.75.